The summed E-state index contributed by atoms with van der Waals surface area (Å²) in [6, 6.07) is 14.7. The quantitative estimate of drug-likeness (QED) is 0.728. The van der Waals surface area contributed by atoms with Crippen molar-refractivity contribution in [1.29, 1.82) is 0 Å². The van der Waals surface area contributed by atoms with Gasteiger partial charge >= 0.3 is 122 Å². The Hall–Kier alpha value is -1.68. The molecular formula is C15H13N3OSe. The van der Waals surface area contributed by atoms with E-state index in [4.69, 9.17) is 4.74 Å². The molecule has 0 bridgehead atoms. The summed E-state index contributed by atoms with van der Waals surface area (Å²) in [4.78, 5) is 0. The van der Waals surface area contributed by atoms with Crippen molar-refractivity contribution in [2.45, 2.75) is 12.6 Å². The third-order valence-corrected chi connectivity index (χ3v) is 4.73. The summed E-state index contributed by atoms with van der Waals surface area (Å²) in [7, 11) is 0. The summed E-state index contributed by atoms with van der Waals surface area (Å²) >= 11 is 0.00108. The van der Waals surface area contributed by atoms with Crippen molar-refractivity contribution in [2.75, 3.05) is 11.9 Å². The standard InChI is InChI=1S/C15H13N3OSe/c1-2-5-11-10(4-1)8-19-9-14(11)16-12-6-3-7-13-15(12)18-20-17-13/h1-7,14,16H,8-9H2. The van der Waals surface area contributed by atoms with E-state index in [1.54, 1.807) is 0 Å². The maximum absolute atomic E-state index is 5.69. The van der Waals surface area contributed by atoms with Gasteiger partial charge in [-0.25, -0.2) is 0 Å². The summed E-state index contributed by atoms with van der Waals surface area (Å²) < 4.78 is 14.6. The van der Waals surface area contributed by atoms with Crippen molar-refractivity contribution in [3.05, 3.63) is 53.6 Å². The van der Waals surface area contributed by atoms with Gasteiger partial charge < -0.3 is 0 Å². The second-order valence-electron chi connectivity index (χ2n) is 4.85. The van der Waals surface area contributed by atoms with E-state index in [0.29, 0.717) is 13.2 Å². The molecule has 100 valence electrons. The normalized spacial score (nSPS) is 19.1. The number of nitrogens with one attached hydrogen (secondary N) is 1. The average Bonchev–Trinajstić information content (AvgIpc) is 2.97. The van der Waals surface area contributed by atoms with Crippen LogP contribution in [0, 0.1) is 0 Å². The molecule has 20 heavy (non-hydrogen) atoms. The molecule has 1 N–H and O–H groups in total. The summed E-state index contributed by atoms with van der Waals surface area (Å²) in [6.45, 7) is 1.38. The van der Waals surface area contributed by atoms with Crippen LogP contribution >= 0.6 is 0 Å². The van der Waals surface area contributed by atoms with Crippen LogP contribution < -0.4 is 5.32 Å². The van der Waals surface area contributed by atoms with E-state index in [1.807, 2.05) is 12.1 Å². The predicted octanol–water partition coefficient (Wildman–Crippen LogP) is 3.72. The molecule has 4 rings (SSSR count). The molecule has 0 radical (unpaired) electrons. The molecule has 0 aliphatic carbocycles. The molecule has 2 aromatic carbocycles. The molecule has 0 aromatic heterocycles. The maximum atomic E-state index is 5.69. The van der Waals surface area contributed by atoms with E-state index in [9.17, 15) is 0 Å². The third-order valence-electron chi connectivity index (χ3n) is 3.59. The summed E-state index contributed by atoms with van der Waals surface area (Å²) in [5.74, 6) is 0. The van der Waals surface area contributed by atoms with Crippen LogP contribution in [0.25, 0.3) is 0 Å². The van der Waals surface area contributed by atoms with Crippen LogP contribution in [0.1, 0.15) is 17.2 Å². The van der Waals surface area contributed by atoms with E-state index in [2.05, 4.69) is 43.6 Å². The average molecular weight is 330 g/mol. The van der Waals surface area contributed by atoms with Gasteiger partial charge in [-0.3, -0.25) is 0 Å². The Morgan fingerprint density at radius 1 is 1.10 bits per heavy atom. The minimum absolute atomic E-state index is 0.00108. The van der Waals surface area contributed by atoms with E-state index in [1.165, 1.54) is 11.1 Å². The molecule has 5 heteroatoms. The van der Waals surface area contributed by atoms with Gasteiger partial charge in [0.2, 0.25) is 0 Å². The Labute approximate surface area is 122 Å². The van der Waals surface area contributed by atoms with Crippen LogP contribution in [0.2, 0.25) is 0 Å². The van der Waals surface area contributed by atoms with Crippen molar-refractivity contribution in [3.8, 4) is 0 Å². The Balaban J connectivity index is 1.68. The van der Waals surface area contributed by atoms with Crippen LogP contribution in [-0.2, 0) is 11.3 Å². The zero-order chi connectivity index (χ0) is 13.4. The van der Waals surface area contributed by atoms with Gasteiger partial charge in [0.25, 0.3) is 0 Å². The van der Waals surface area contributed by atoms with Gasteiger partial charge in [0, 0.05) is 0 Å². The first-order valence-corrected chi connectivity index (χ1v) is 8.08. The first-order chi connectivity index (χ1) is 9.92. The second kappa shape index (κ2) is 5.02. The van der Waals surface area contributed by atoms with Gasteiger partial charge in [-0.15, -0.1) is 0 Å². The molecule has 2 heterocycles. The van der Waals surface area contributed by atoms with Crippen LogP contribution in [0.3, 0.4) is 0 Å². The zero-order valence-electron chi connectivity index (χ0n) is 10.7. The predicted molar refractivity (Wildman–Crippen MR) is 78.8 cm³/mol. The van der Waals surface area contributed by atoms with Crippen LogP contribution in [0.5, 0.6) is 0 Å². The van der Waals surface area contributed by atoms with E-state index in [0.717, 1.165) is 17.1 Å². The van der Waals surface area contributed by atoms with Gasteiger partial charge in [-0.2, -0.15) is 0 Å². The molecule has 1 atom stereocenters. The fourth-order valence-electron chi connectivity index (χ4n) is 2.61. The second-order valence-corrected chi connectivity index (χ2v) is 5.96. The number of ether oxygens (including phenoxy) is 1. The Morgan fingerprint density at radius 2 is 2.05 bits per heavy atom. The fourth-order valence-corrected chi connectivity index (χ4v) is 3.77. The van der Waals surface area contributed by atoms with E-state index >= 15 is 0 Å². The molecule has 0 amide bonds. The first kappa shape index (κ1) is 12.1. The summed E-state index contributed by atoms with van der Waals surface area (Å²) in [6.07, 6.45) is 0. The van der Waals surface area contributed by atoms with Crippen molar-refractivity contribution in [3.63, 3.8) is 0 Å². The SMILES string of the molecule is c1ccc2c(c1)COCC2Nc1cccc2c1N=[Se]=N2. The van der Waals surface area contributed by atoms with Gasteiger partial charge in [0.1, 0.15) is 0 Å². The molecule has 0 saturated heterocycles. The molecule has 0 saturated carbocycles. The molecule has 1 unspecified atom stereocenters. The van der Waals surface area contributed by atoms with Gasteiger partial charge in [0.15, 0.2) is 0 Å². The van der Waals surface area contributed by atoms with Gasteiger partial charge in [0.05, 0.1) is 0 Å². The number of anilines is 1. The number of hydrogen-bond acceptors (Lipinski definition) is 4. The Bertz CT molecular complexity index is 738. The van der Waals surface area contributed by atoms with Crippen LogP contribution in [0.4, 0.5) is 17.1 Å². The topological polar surface area (TPSA) is 46.0 Å². The number of rotatable bonds is 2. The molecular weight excluding hydrogens is 317 g/mol. The summed E-state index contributed by atoms with van der Waals surface area (Å²) in [5, 5.41) is 3.57. The number of nitrogens with zero attached hydrogens (tertiary/aromatic N) is 2. The van der Waals surface area contributed by atoms with Gasteiger partial charge in [-0.1, -0.05) is 0 Å². The molecule has 4 nitrogen and oxygen atoms in total. The van der Waals surface area contributed by atoms with Crippen LogP contribution in [0.15, 0.2) is 50.4 Å². The first-order valence-electron chi connectivity index (χ1n) is 6.55. The molecule has 0 spiro atoms. The summed E-state index contributed by atoms with van der Waals surface area (Å²) in [5.41, 5.74) is 5.62. The third kappa shape index (κ3) is 2.04. The molecule has 0 fully saturated rings. The molecule has 2 aromatic rings. The number of hydrogen-bond donors (Lipinski definition) is 1. The Kier molecular flexibility index (Phi) is 3.03. The monoisotopic (exact) mass is 331 g/mol. The van der Waals surface area contributed by atoms with Crippen molar-refractivity contribution < 1.29 is 4.74 Å². The van der Waals surface area contributed by atoms with Crippen molar-refractivity contribution in [2.24, 2.45) is 7.92 Å². The molecule has 2 aliphatic heterocycles. The fraction of sp³-hybridized carbons (Fsp3) is 0.200. The van der Waals surface area contributed by atoms with E-state index < -0.39 is 0 Å². The minimum atomic E-state index is 0.00108. The van der Waals surface area contributed by atoms with Crippen molar-refractivity contribution in [1.82, 2.24) is 0 Å². The van der Waals surface area contributed by atoms with E-state index in [-0.39, 0.29) is 20.6 Å². The number of benzene rings is 2. The molecule has 2 aliphatic rings. The van der Waals surface area contributed by atoms with Gasteiger partial charge in [-0.05, 0) is 0 Å². The zero-order valence-corrected chi connectivity index (χ0v) is 12.5. The number of fused-ring (bicyclic) bond motifs is 2. The van der Waals surface area contributed by atoms with Crippen LogP contribution in [-0.4, -0.2) is 21.2 Å². The van der Waals surface area contributed by atoms with Crippen molar-refractivity contribution >= 4 is 31.6 Å². The Morgan fingerprint density at radius 3 is 3.05 bits per heavy atom.